The van der Waals surface area contributed by atoms with E-state index in [0.717, 1.165) is 52.8 Å². The SMILES string of the molecule is Cc1cc(C)c2nc(C)cc(C(=O)NCCCN3CCCCC3)c2c1. The van der Waals surface area contributed by atoms with Crippen LogP contribution in [0.15, 0.2) is 18.2 Å². The van der Waals surface area contributed by atoms with E-state index < -0.39 is 0 Å². The van der Waals surface area contributed by atoms with Crippen molar-refractivity contribution in [3.8, 4) is 0 Å². The Balaban J connectivity index is 1.67. The Hall–Kier alpha value is -1.94. The van der Waals surface area contributed by atoms with Crippen LogP contribution in [0, 0.1) is 20.8 Å². The van der Waals surface area contributed by atoms with Crippen molar-refractivity contribution in [3.05, 3.63) is 40.6 Å². The van der Waals surface area contributed by atoms with Crippen molar-refractivity contribution in [2.24, 2.45) is 0 Å². The van der Waals surface area contributed by atoms with Crippen LogP contribution in [0.25, 0.3) is 10.9 Å². The number of rotatable bonds is 5. The van der Waals surface area contributed by atoms with Crippen LogP contribution in [0.5, 0.6) is 0 Å². The third kappa shape index (κ3) is 4.37. The van der Waals surface area contributed by atoms with Gasteiger partial charge in [0.2, 0.25) is 0 Å². The first-order valence-electron chi connectivity index (χ1n) is 9.44. The summed E-state index contributed by atoms with van der Waals surface area (Å²) in [6.45, 7) is 10.3. The maximum Gasteiger partial charge on any atom is 0.252 e. The first-order valence-corrected chi connectivity index (χ1v) is 9.44. The summed E-state index contributed by atoms with van der Waals surface area (Å²) < 4.78 is 0. The Morgan fingerprint density at radius 1 is 1.12 bits per heavy atom. The number of aromatic nitrogens is 1. The average molecular weight is 339 g/mol. The summed E-state index contributed by atoms with van der Waals surface area (Å²) in [7, 11) is 0. The lowest BCUT2D eigenvalue weighted by molar-refractivity contribution is 0.0952. The molecule has 0 saturated carbocycles. The summed E-state index contributed by atoms with van der Waals surface area (Å²) in [5.74, 6) is 0.0131. The van der Waals surface area contributed by atoms with Crippen LogP contribution in [0.3, 0.4) is 0 Å². The smallest absolute Gasteiger partial charge is 0.252 e. The molecule has 1 amide bonds. The Kier molecular flexibility index (Phi) is 5.69. The van der Waals surface area contributed by atoms with Gasteiger partial charge in [-0.2, -0.15) is 0 Å². The highest BCUT2D eigenvalue weighted by molar-refractivity contribution is 6.07. The molecular weight excluding hydrogens is 310 g/mol. The summed E-state index contributed by atoms with van der Waals surface area (Å²) in [4.78, 5) is 19.9. The van der Waals surface area contributed by atoms with E-state index in [4.69, 9.17) is 0 Å². The largest absolute Gasteiger partial charge is 0.352 e. The van der Waals surface area contributed by atoms with E-state index in [1.807, 2.05) is 13.0 Å². The molecule has 0 unspecified atom stereocenters. The van der Waals surface area contributed by atoms with E-state index in [9.17, 15) is 4.79 Å². The molecule has 1 N–H and O–H groups in total. The molecule has 1 saturated heterocycles. The maximum absolute atomic E-state index is 12.7. The van der Waals surface area contributed by atoms with Crippen molar-refractivity contribution >= 4 is 16.8 Å². The van der Waals surface area contributed by atoms with Gasteiger partial charge in [-0.25, -0.2) is 0 Å². The molecule has 2 heterocycles. The van der Waals surface area contributed by atoms with Crippen molar-refractivity contribution < 1.29 is 4.79 Å². The van der Waals surface area contributed by atoms with Crippen LogP contribution in [-0.4, -0.2) is 42.0 Å². The molecule has 4 nitrogen and oxygen atoms in total. The molecule has 4 heteroatoms. The van der Waals surface area contributed by atoms with Gasteiger partial charge in [-0.15, -0.1) is 0 Å². The maximum atomic E-state index is 12.7. The van der Waals surface area contributed by atoms with Gasteiger partial charge in [-0.05, 0) is 77.4 Å². The first-order chi connectivity index (χ1) is 12.0. The molecule has 25 heavy (non-hydrogen) atoms. The molecule has 0 radical (unpaired) electrons. The van der Waals surface area contributed by atoms with Gasteiger partial charge in [0, 0.05) is 17.6 Å². The number of amides is 1. The Morgan fingerprint density at radius 2 is 1.88 bits per heavy atom. The van der Waals surface area contributed by atoms with Gasteiger partial charge < -0.3 is 10.2 Å². The van der Waals surface area contributed by atoms with Crippen LogP contribution in [0.1, 0.15) is 52.9 Å². The summed E-state index contributed by atoms with van der Waals surface area (Å²) >= 11 is 0. The second-order valence-corrected chi connectivity index (χ2v) is 7.30. The van der Waals surface area contributed by atoms with Gasteiger partial charge in [0.05, 0.1) is 11.1 Å². The van der Waals surface area contributed by atoms with Gasteiger partial charge in [0.15, 0.2) is 0 Å². The molecule has 2 aromatic rings. The molecule has 0 bridgehead atoms. The molecule has 0 spiro atoms. The van der Waals surface area contributed by atoms with Gasteiger partial charge in [0.25, 0.3) is 5.91 Å². The summed E-state index contributed by atoms with van der Waals surface area (Å²) in [5, 5.41) is 4.06. The van der Waals surface area contributed by atoms with E-state index in [1.165, 1.54) is 32.4 Å². The van der Waals surface area contributed by atoms with Crippen LogP contribution >= 0.6 is 0 Å². The number of benzene rings is 1. The second-order valence-electron chi connectivity index (χ2n) is 7.30. The Bertz CT molecular complexity index is 763. The van der Waals surface area contributed by atoms with E-state index in [1.54, 1.807) is 0 Å². The minimum absolute atomic E-state index is 0.0131. The third-order valence-electron chi connectivity index (χ3n) is 5.01. The van der Waals surface area contributed by atoms with Crippen molar-refractivity contribution in [1.29, 1.82) is 0 Å². The number of hydrogen-bond acceptors (Lipinski definition) is 3. The third-order valence-corrected chi connectivity index (χ3v) is 5.01. The number of carbonyl (C=O) groups is 1. The molecule has 134 valence electrons. The minimum atomic E-state index is 0.0131. The predicted molar refractivity (Wildman–Crippen MR) is 103 cm³/mol. The van der Waals surface area contributed by atoms with Crippen molar-refractivity contribution in [1.82, 2.24) is 15.2 Å². The lowest BCUT2D eigenvalue weighted by Crippen LogP contribution is -2.33. The zero-order valence-corrected chi connectivity index (χ0v) is 15.7. The van der Waals surface area contributed by atoms with Crippen molar-refractivity contribution in [2.75, 3.05) is 26.2 Å². The fraction of sp³-hybridized carbons (Fsp3) is 0.524. The van der Waals surface area contributed by atoms with Crippen LogP contribution < -0.4 is 5.32 Å². The van der Waals surface area contributed by atoms with Crippen LogP contribution in [0.2, 0.25) is 0 Å². The molecule has 1 aromatic carbocycles. The number of nitrogens with zero attached hydrogens (tertiary/aromatic N) is 2. The summed E-state index contributed by atoms with van der Waals surface area (Å²) in [5.41, 5.74) is 4.85. The van der Waals surface area contributed by atoms with Crippen molar-refractivity contribution in [3.63, 3.8) is 0 Å². The highest BCUT2D eigenvalue weighted by Crippen LogP contribution is 2.23. The fourth-order valence-electron chi connectivity index (χ4n) is 3.78. The Morgan fingerprint density at radius 3 is 2.64 bits per heavy atom. The predicted octanol–water partition coefficient (Wildman–Crippen LogP) is 3.77. The van der Waals surface area contributed by atoms with Gasteiger partial charge >= 0.3 is 0 Å². The quantitative estimate of drug-likeness (QED) is 0.844. The fourth-order valence-corrected chi connectivity index (χ4v) is 3.78. The number of piperidine rings is 1. The van der Waals surface area contributed by atoms with E-state index in [0.29, 0.717) is 0 Å². The minimum Gasteiger partial charge on any atom is -0.352 e. The van der Waals surface area contributed by atoms with E-state index in [2.05, 4.69) is 41.2 Å². The number of hydrogen-bond donors (Lipinski definition) is 1. The number of fused-ring (bicyclic) bond motifs is 1. The zero-order chi connectivity index (χ0) is 17.8. The molecule has 1 fully saturated rings. The van der Waals surface area contributed by atoms with Crippen LogP contribution in [0.4, 0.5) is 0 Å². The second kappa shape index (κ2) is 7.96. The Labute approximate surface area is 150 Å². The highest BCUT2D eigenvalue weighted by atomic mass is 16.1. The molecular formula is C21H29N3O. The van der Waals surface area contributed by atoms with E-state index >= 15 is 0 Å². The van der Waals surface area contributed by atoms with Gasteiger partial charge in [-0.1, -0.05) is 18.1 Å². The molecule has 0 atom stereocenters. The molecule has 1 aromatic heterocycles. The number of aryl methyl sites for hydroxylation is 3. The number of nitrogens with one attached hydrogen (secondary N) is 1. The number of pyridine rings is 1. The molecule has 1 aliphatic rings. The summed E-state index contributed by atoms with van der Waals surface area (Å²) in [6.07, 6.45) is 4.99. The zero-order valence-electron chi connectivity index (χ0n) is 15.7. The monoisotopic (exact) mass is 339 g/mol. The first kappa shape index (κ1) is 17.9. The normalized spacial score (nSPS) is 15.5. The molecule has 0 aliphatic carbocycles. The highest BCUT2D eigenvalue weighted by Gasteiger charge is 2.14. The molecule has 3 rings (SSSR count). The van der Waals surface area contributed by atoms with Crippen molar-refractivity contribution in [2.45, 2.75) is 46.5 Å². The lowest BCUT2D eigenvalue weighted by Gasteiger charge is -2.26. The van der Waals surface area contributed by atoms with E-state index in [-0.39, 0.29) is 5.91 Å². The van der Waals surface area contributed by atoms with Gasteiger partial charge in [0.1, 0.15) is 0 Å². The van der Waals surface area contributed by atoms with Gasteiger partial charge in [-0.3, -0.25) is 9.78 Å². The lowest BCUT2D eigenvalue weighted by atomic mass is 10.0. The number of likely N-dealkylation sites (tertiary alicyclic amines) is 1. The molecule has 1 aliphatic heterocycles. The topological polar surface area (TPSA) is 45.2 Å². The van der Waals surface area contributed by atoms with Crippen LogP contribution in [-0.2, 0) is 0 Å². The standard InChI is InChI=1S/C21H29N3O/c1-15-12-16(2)20-18(13-15)19(14-17(3)23-20)21(25)22-8-7-11-24-9-5-4-6-10-24/h12-14H,4-11H2,1-3H3,(H,22,25). The summed E-state index contributed by atoms with van der Waals surface area (Å²) in [6, 6.07) is 6.09. The average Bonchev–Trinajstić information content (AvgIpc) is 2.59. The number of carbonyl (C=O) groups excluding carboxylic acids is 1.